The van der Waals surface area contributed by atoms with Gasteiger partial charge in [0.2, 0.25) is 22.7 Å². The van der Waals surface area contributed by atoms with Crippen LogP contribution in [0.2, 0.25) is 0 Å². The molecule has 0 saturated heterocycles. The first-order chi connectivity index (χ1) is 15.0. The molecular formula is C22H21N5O3S. The minimum absolute atomic E-state index is 0.119. The van der Waals surface area contributed by atoms with Crippen molar-refractivity contribution >= 4 is 39.7 Å². The van der Waals surface area contributed by atoms with Gasteiger partial charge in [0.05, 0.1) is 18.7 Å². The Bertz CT molecular complexity index is 1210. The maximum atomic E-state index is 12.2. The number of hydrogen-bond acceptors (Lipinski definition) is 6. The number of aryl methyl sites for hydroxylation is 1. The van der Waals surface area contributed by atoms with Gasteiger partial charge in [-0.15, -0.1) is 16.4 Å². The highest BCUT2D eigenvalue weighted by Crippen LogP contribution is 2.27. The summed E-state index contributed by atoms with van der Waals surface area (Å²) >= 11 is 1.43. The summed E-state index contributed by atoms with van der Waals surface area (Å²) in [5.41, 5.74) is 3.65. The number of carbonyl (C=O) groups is 2. The van der Waals surface area contributed by atoms with Gasteiger partial charge in [0.25, 0.3) is 0 Å². The molecule has 158 valence electrons. The van der Waals surface area contributed by atoms with E-state index < -0.39 is 0 Å². The summed E-state index contributed by atoms with van der Waals surface area (Å²) in [7, 11) is 0. The number of rotatable bonds is 7. The molecule has 0 atom stereocenters. The summed E-state index contributed by atoms with van der Waals surface area (Å²) in [5, 5.41) is 11.8. The van der Waals surface area contributed by atoms with Crippen molar-refractivity contribution < 1.29 is 14.3 Å². The van der Waals surface area contributed by atoms with Crippen molar-refractivity contribution in [3.63, 3.8) is 0 Å². The van der Waals surface area contributed by atoms with E-state index in [0.29, 0.717) is 4.96 Å². The van der Waals surface area contributed by atoms with Crippen LogP contribution in [0.25, 0.3) is 16.2 Å². The summed E-state index contributed by atoms with van der Waals surface area (Å²) in [6, 6.07) is 15.1. The first kappa shape index (κ1) is 20.5. The molecule has 2 amide bonds. The zero-order chi connectivity index (χ0) is 21.8. The number of amides is 2. The zero-order valence-electron chi connectivity index (χ0n) is 17.1. The van der Waals surface area contributed by atoms with Crippen LogP contribution in [0.1, 0.15) is 18.9 Å². The van der Waals surface area contributed by atoms with Crippen LogP contribution >= 0.6 is 11.3 Å². The smallest absolute Gasteiger partial charge is 0.250 e. The van der Waals surface area contributed by atoms with E-state index in [0.717, 1.165) is 28.3 Å². The molecule has 0 spiro atoms. The molecule has 0 bridgehead atoms. The van der Waals surface area contributed by atoms with Crippen LogP contribution in [0.5, 0.6) is 5.75 Å². The number of anilines is 2. The summed E-state index contributed by atoms with van der Waals surface area (Å²) < 4.78 is 7.28. The lowest BCUT2D eigenvalue weighted by molar-refractivity contribution is -0.117. The van der Waals surface area contributed by atoms with E-state index in [-0.39, 0.29) is 30.8 Å². The van der Waals surface area contributed by atoms with E-state index in [1.165, 1.54) is 18.3 Å². The monoisotopic (exact) mass is 435 g/mol. The molecule has 0 unspecified atom stereocenters. The third-order valence-corrected chi connectivity index (χ3v) is 5.27. The number of benzene rings is 2. The molecule has 31 heavy (non-hydrogen) atoms. The van der Waals surface area contributed by atoms with Crippen LogP contribution in [-0.4, -0.2) is 33.0 Å². The highest BCUT2D eigenvalue weighted by molar-refractivity contribution is 7.15. The first-order valence-corrected chi connectivity index (χ1v) is 10.6. The van der Waals surface area contributed by atoms with Gasteiger partial charge in [-0.25, -0.2) is 4.52 Å². The second-order valence-corrected chi connectivity index (χ2v) is 7.81. The van der Waals surface area contributed by atoms with Crippen LogP contribution in [0.3, 0.4) is 0 Å². The van der Waals surface area contributed by atoms with Crippen molar-refractivity contribution in [3.05, 3.63) is 59.5 Å². The Morgan fingerprint density at radius 3 is 2.52 bits per heavy atom. The molecule has 9 heteroatoms. The van der Waals surface area contributed by atoms with E-state index in [9.17, 15) is 9.59 Å². The van der Waals surface area contributed by atoms with Gasteiger partial charge in [-0.2, -0.15) is 4.98 Å². The molecule has 2 N–H and O–H groups in total. The number of nitrogens with one attached hydrogen (secondary N) is 2. The van der Waals surface area contributed by atoms with Crippen molar-refractivity contribution in [3.8, 4) is 17.0 Å². The lowest BCUT2D eigenvalue weighted by Crippen LogP contribution is -2.16. The Labute approximate surface area is 182 Å². The lowest BCUT2D eigenvalue weighted by Gasteiger charge is -2.06. The summed E-state index contributed by atoms with van der Waals surface area (Å²) in [6.07, 6.45) is 0.193. The van der Waals surface area contributed by atoms with E-state index in [4.69, 9.17) is 4.74 Å². The second kappa shape index (κ2) is 8.97. The largest absolute Gasteiger partial charge is 0.493 e. The van der Waals surface area contributed by atoms with Gasteiger partial charge in [0.15, 0.2) is 0 Å². The Morgan fingerprint density at radius 2 is 1.81 bits per heavy atom. The molecule has 4 rings (SSSR count). The minimum atomic E-state index is -0.216. The van der Waals surface area contributed by atoms with E-state index >= 15 is 0 Å². The van der Waals surface area contributed by atoms with E-state index in [2.05, 4.69) is 20.7 Å². The van der Waals surface area contributed by atoms with Crippen molar-refractivity contribution in [1.29, 1.82) is 0 Å². The predicted molar refractivity (Wildman–Crippen MR) is 121 cm³/mol. The molecule has 2 heterocycles. The molecule has 0 aliphatic heterocycles. The van der Waals surface area contributed by atoms with E-state index in [1.54, 1.807) is 4.52 Å². The Balaban J connectivity index is 1.38. The first-order valence-electron chi connectivity index (χ1n) is 9.69. The van der Waals surface area contributed by atoms with Crippen LogP contribution in [-0.2, 0) is 9.59 Å². The average molecular weight is 436 g/mol. The standard InChI is InChI=1S/C22H21N5O3S/c1-14-3-9-18(10-4-14)30-12-11-20(29)24-21-25-22-27(26-21)19(13-31-22)16-5-7-17(8-6-16)23-15(2)28/h3-10,13H,11-12H2,1-2H3,(H,23,28)(H,24,26,29). The molecule has 0 radical (unpaired) electrons. The SMILES string of the molecule is CC(=O)Nc1ccc(-c2csc3nc(NC(=O)CCOc4ccc(C)cc4)nn23)cc1. The maximum absolute atomic E-state index is 12.2. The zero-order valence-corrected chi connectivity index (χ0v) is 17.9. The quantitative estimate of drug-likeness (QED) is 0.455. The van der Waals surface area contributed by atoms with Gasteiger partial charge in [0.1, 0.15) is 5.75 Å². The highest BCUT2D eigenvalue weighted by Gasteiger charge is 2.13. The van der Waals surface area contributed by atoms with Crippen molar-refractivity contribution in [1.82, 2.24) is 14.6 Å². The summed E-state index contributed by atoms with van der Waals surface area (Å²) in [5.74, 6) is 0.648. The number of thiazole rings is 1. The molecule has 0 saturated carbocycles. The molecule has 0 aliphatic carbocycles. The number of ether oxygens (including phenoxy) is 1. The van der Waals surface area contributed by atoms with Crippen LogP contribution in [0, 0.1) is 6.92 Å². The molecule has 0 fully saturated rings. The van der Waals surface area contributed by atoms with Crippen LogP contribution in [0.15, 0.2) is 53.9 Å². The molecular weight excluding hydrogens is 414 g/mol. The summed E-state index contributed by atoms with van der Waals surface area (Å²) in [6.45, 7) is 3.74. The highest BCUT2D eigenvalue weighted by atomic mass is 32.1. The van der Waals surface area contributed by atoms with Gasteiger partial charge in [-0.05, 0) is 31.2 Å². The Morgan fingerprint density at radius 1 is 1.06 bits per heavy atom. The maximum Gasteiger partial charge on any atom is 0.250 e. The van der Waals surface area contributed by atoms with Crippen molar-refractivity contribution in [2.45, 2.75) is 20.3 Å². The van der Waals surface area contributed by atoms with Gasteiger partial charge in [0, 0.05) is 23.6 Å². The van der Waals surface area contributed by atoms with Crippen molar-refractivity contribution in [2.24, 2.45) is 0 Å². The third kappa shape index (κ3) is 5.07. The number of aromatic nitrogens is 3. The van der Waals surface area contributed by atoms with E-state index in [1.807, 2.05) is 60.8 Å². The molecule has 4 aromatic rings. The van der Waals surface area contributed by atoms with Crippen molar-refractivity contribution in [2.75, 3.05) is 17.2 Å². The summed E-state index contributed by atoms with van der Waals surface area (Å²) in [4.78, 5) is 28.4. The fraction of sp³-hybridized carbons (Fsp3) is 0.182. The van der Waals surface area contributed by atoms with Gasteiger partial charge >= 0.3 is 0 Å². The average Bonchev–Trinajstić information content (AvgIpc) is 3.30. The topological polar surface area (TPSA) is 97.6 Å². The van der Waals surface area contributed by atoms with Gasteiger partial charge < -0.3 is 10.1 Å². The molecule has 8 nitrogen and oxygen atoms in total. The molecule has 0 aliphatic rings. The lowest BCUT2D eigenvalue weighted by atomic mass is 10.1. The van der Waals surface area contributed by atoms with Gasteiger partial charge in [-0.3, -0.25) is 14.9 Å². The molecule has 2 aromatic heterocycles. The number of carbonyl (C=O) groups excluding carboxylic acids is 2. The third-order valence-electron chi connectivity index (χ3n) is 4.45. The fourth-order valence-electron chi connectivity index (χ4n) is 2.94. The predicted octanol–water partition coefficient (Wildman–Crippen LogP) is 4.13. The number of hydrogen-bond donors (Lipinski definition) is 2. The Kier molecular flexibility index (Phi) is 5.94. The molecule has 2 aromatic carbocycles. The fourth-order valence-corrected chi connectivity index (χ4v) is 3.77. The number of nitrogens with zero attached hydrogens (tertiary/aromatic N) is 3. The Hall–Kier alpha value is -3.72. The van der Waals surface area contributed by atoms with Crippen LogP contribution < -0.4 is 15.4 Å². The normalized spacial score (nSPS) is 10.8. The van der Waals surface area contributed by atoms with Gasteiger partial charge in [-0.1, -0.05) is 29.8 Å². The number of fused-ring (bicyclic) bond motifs is 1. The second-order valence-electron chi connectivity index (χ2n) is 6.97. The minimum Gasteiger partial charge on any atom is -0.493 e. The van der Waals surface area contributed by atoms with Crippen LogP contribution in [0.4, 0.5) is 11.6 Å².